The molecule has 1 aromatic rings. The van der Waals surface area contributed by atoms with E-state index >= 15 is 0 Å². The Bertz CT molecular complexity index is 544. The number of anilines is 1. The number of benzene rings is 1. The van der Waals surface area contributed by atoms with Crippen LogP contribution in [0.3, 0.4) is 0 Å². The first-order valence-electron chi connectivity index (χ1n) is 6.91. The molecule has 1 saturated heterocycles. The number of nitrogens with one attached hydrogen (secondary N) is 2. The van der Waals surface area contributed by atoms with Crippen LogP contribution in [0.15, 0.2) is 24.3 Å². The third-order valence-electron chi connectivity index (χ3n) is 3.49. The molecule has 6 heteroatoms. The van der Waals surface area contributed by atoms with Gasteiger partial charge in [-0.3, -0.25) is 4.79 Å². The molecule has 1 aliphatic heterocycles. The average Bonchev–Trinajstić information content (AvgIpc) is 2.36. The fourth-order valence-corrected chi connectivity index (χ4v) is 3.22. The number of thiocarbonyl (C=S) groups is 1. The van der Waals surface area contributed by atoms with Gasteiger partial charge in [0.15, 0.2) is 5.11 Å². The van der Waals surface area contributed by atoms with E-state index in [0.29, 0.717) is 10.1 Å². The molecule has 0 spiro atoms. The molecular weight excluding hydrogens is 306 g/mol. The van der Waals surface area contributed by atoms with Crippen LogP contribution in [-0.2, 0) is 4.79 Å². The lowest BCUT2D eigenvalue weighted by molar-refractivity contribution is -0.117. The summed E-state index contributed by atoms with van der Waals surface area (Å²) >= 11 is 11.2. The Kier molecular flexibility index (Phi) is 4.74. The van der Waals surface area contributed by atoms with Crippen molar-refractivity contribution in [1.29, 1.82) is 0 Å². The van der Waals surface area contributed by atoms with Gasteiger partial charge < -0.3 is 15.5 Å². The molecule has 1 unspecified atom stereocenters. The standard InChI is InChI=1S/C15H20ClN3OS/c1-10-8-15(2,3)18-14(21)19(10)9-13(20)17-12-6-4-11(16)5-7-12/h4-7,10H,8-9H2,1-3H3,(H,17,20)(H,18,21). The molecule has 0 aliphatic carbocycles. The first kappa shape index (κ1) is 16.0. The van der Waals surface area contributed by atoms with Crippen LogP contribution in [-0.4, -0.2) is 34.0 Å². The van der Waals surface area contributed by atoms with E-state index in [-0.39, 0.29) is 24.0 Å². The van der Waals surface area contributed by atoms with Crippen LogP contribution in [0.25, 0.3) is 0 Å². The smallest absolute Gasteiger partial charge is 0.243 e. The molecule has 1 heterocycles. The van der Waals surface area contributed by atoms with Gasteiger partial charge in [-0.2, -0.15) is 0 Å². The molecule has 21 heavy (non-hydrogen) atoms. The van der Waals surface area contributed by atoms with E-state index in [9.17, 15) is 4.79 Å². The Hall–Kier alpha value is -1.33. The molecule has 2 N–H and O–H groups in total. The van der Waals surface area contributed by atoms with Crippen molar-refractivity contribution in [3.63, 3.8) is 0 Å². The molecule has 1 atom stereocenters. The molecule has 0 bridgehead atoms. The van der Waals surface area contributed by atoms with Gasteiger partial charge in [0, 0.05) is 22.3 Å². The van der Waals surface area contributed by atoms with Gasteiger partial charge in [0.2, 0.25) is 5.91 Å². The average molecular weight is 326 g/mol. The van der Waals surface area contributed by atoms with E-state index < -0.39 is 0 Å². The molecule has 114 valence electrons. The molecule has 0 aromatic heterocycles. The van der Waals surface area contributed by atoms with E-state index in [1.165, 1.54) is 0 Å². The largest absolute Gasteiger partial charge is 0.358 e. The third kappa shape index (κ3) is 4.32. The van der Waals surface area contributed by atoms with Crippen LogP contribution in [0.4, 0.5) is 5.69 Å². The summed E-state index contributed by atoms with van der Waals surface area (Å²) < 4.78 is 0. The number of hydrogen-bond donors (Lipinski definition) is 2. The molecule has 1 aliphatic rings. The predicted molar refractivity (Wildman–Crippen MR) is 90.7 cm³/mol. The number of rotatable bonds is 3. The molecule has 0 radical (unpaired) electrons. The Morgan fingerprint density at radius 2 is 2.10 bits per heavy atom. The maximum Gasteiger partial charge on any atom is 0.243 e. The highest BCUT2D eigenvalue weighted by molar-refractivity contribution is 7.80. The van der Waals surface area contributed by atoms with Crippen molar-refractivity contribution in [2.75, 3.05) is 11.9 Å². The van der Waals surface area contributed by atoms with Crippen molar-refractivity contribution in [1.82, 2.24) is 10.2 Å². The zero-order chi connectivity index (χ0) is 15.6. The summed E-state index contributed by atoms with van der Waals surface area (Å²) in [5.74, 6) is -0.0898. The minimum Gasteiger partial charge on any atom is -0.358 e. The number of carbonyl (C=O) groups is 1. The van der Waals surface area contributed by atoms with Crippen molar-refractivity contribution < 1.29 is 4.79 Å². The highest BCUT2D eigenvalue weighted by Crippen LogP contribution is 2.22. The van der Waals surface area contributed by atoms with Crippen molar-refractivity contribution in [3.8, 4) is 0 Å². The fourth-order valence-electron chi connectivity index (χ4n) is 2.58. The summed E-state index contributed by atoms with van der Waals surface area (Å²) in [4.78, 5) is 14.1. The van der Waals surface area contributed by atoms with E-state index in [1.54, 1.807) is 24.3 Å². The topological polar surface area (TPSA) is 44.4 Å². The number of carbonyl (C=O) groups excluding carboxylic acids is 1. The summed E-state index contributed by atoms with van der Waals surface area (Å²) in [5, 5.41) is 7.40. The van der Waals surface area contributed by atoms with Gasteiger partial charge in [0.1, 0.15) is 0 Å². The second-order valence-corrected chi connectivity index (χ2v) is 6.87. The van der Waals surface area contributed by atoms with E-state index in [1.807, 2.05) is 4.90 Å². The first-order valence-corrected chi connectivity index (χ1v) is 7.70. The van der Waals surface area contributed by atoms with Gasteiger partial charge >= 0.3 is 0 Å². The summed E-state index contributed by atoms with van der Waals surface area (Å²) in [5.41, 5.74) is 0.702. The summed E-state index contributed by atoms with van der Waals surface area (Å²) in [6.07, 6.45) is 0.932. The number of amides is 1. The molecule has 2 rings (SSSR count). The fraction of sp³-hybridized carbons (Fsp3) is 0.467. The normalized spacial score (nSPS) is 20.9. The highest BCUT2D eigenvalue weighted by Gasteiger charge is 2.33. The molecule has 1 amide bonds. The van der Waals surface area contributed by atoms with Crippen molar-refractivity contribution in [2.24, 2.45) is 0 Å². The SMILES string of the molecule is CC1CC(C)(C)NC(=S)N1CC(=O)Nc1ccc(Cl)cc1. The zero-order valence-electron chi connectivity index (χ0n) is 12.4. The van der Waals surface area contributed by atoms with Gasteiger partial charge in [-0.25, -0.2) is 0 Å². The molecule has 1 aromatic carbocycles. The van der Waals surface area contributed by atoms with Gasteiger partial charge in [0.05, 0.1) is 6.54 Å². The van der Waals surface area contributed by atoms with Crippen molar-refractivity contribution in [3.05, 3.63) is 29.3 Å². The van der Waals surface area contributed by atoms with Gasteiger partial charge in [-0.15, -0.1) is 0 Å². The highest BCUT2D eigenvalue weighted by atomic mass is 35.5. The maximum atomic E-state index is 12.1. The number of halogens is 1. The van der Waals surface area contributed by atoms with Crippen LogP contribution < -0.4 is 10.6 Å². The Morgan fingerprint density at radius 1 is 1.48 bits per heavy atom. The Labute approximate surface area is 135 Å². The quantitative estimate of drug-likeness (QED) is 0.838. The van der Waals surface area contributed by atoms with Crippen LogP contribution in [0.2, 0.25) is 5.02 Å². The Balaban J connectivity index is 1.96. The first-order chi connectivity index (χ1) is 9.77. The van der Waals surface area contributed by atoms with Crippen molar-refractivity contribution >= 4 is 40.5 Å². The van der Waals surface area contributed by atoms with E-state index in [4.69, 9.17) is 23.8 Å². The maximum absolute atomic E-state index is 12.1. The van der Waals surface area contributed by atoms with Gasteiger partial charge in [-0.05, 0) is 63.7 Å². The third-order valence-corrected chi connectivity index (χ3v) is 4.07. The van der Waals surface area contributed by atoms with E-state index in [2.05, 4.69) is 31.4 Å². The zero-order valence-corrected chi connectivity index (χ0v) is 14.0. The molecule has 4 nitrogen and oxygen atoms in total. The predicted octanol–water partition coefficient (Wildman–Crippen LogP) is 3.03. The van der Waals surface area contributed by atoms with Gasteiger partial charge in [0.25, 0.3) is 0 Å². The van der Waals surface area contributed by atoms with Crippen LogP contribution in [0, 0.1) is 0 Å². The van der Waals surface area contributed by atoms with E-state index in [0.717, 1.165) is 12.1 Å². The molecule has 0 saturated carbocycles. The lowest BCUT2D eigenvalue weighted by atomic mass is 9.93. The van der Waals surface area contributed by atoms with Crippen LogP contribution in [0.1, 0.15) is 27.2 Å². The second kappa shape index (κ2) is 6.20. The number of hydrogen-bond acceptors (Lipinski definition) is 2. The minimum atomic E-state index is -0.0898. The van der Waals surface area contributed by atoms with Gasteiger partial charge in [-0.1, -0.05) is 11.6 Å². The lowest BCUT2D eigenvalue weighted by Crippen LogP contribution is -2.61. The van der Waals surface area contributed by atoms with Crippen molar-refractivity contribution in [2.45, 2.75) is 38.8 Å². The van der Waals surface area contributed by atoms with Crippen LogP contribution >= 0.6 is 23.8 Å². The molecule has 1 fully saturated rings. The van der Waals surface area contributed by atoms with Crippen LogP contribution in [0.5, 0.6) is 0 Å². The Morgan fingerprint density at radius 3 is 2.67 bits per heavy atom. The summed E-state index contributed by atoms with van der Waals surface area (Å²) in [6, 6.07) is 7.27. The monoisotopic (exact) mass is 325 g/mol. The minimum absolute atomic E-state index is 0.0281. The molecular formula is C15H20ClN3OS. The number of nitrogens with zero attached hydrogens (tertiary/aromatic N) is 1. The summed E-state index contributed by atoms with van der Waals surface area (Å²) in [7, 11) is 0. The second-order valence-electron chi connectivity index (χ2n) is 6.05. The lowest BCUT2D eigenvalue weighted by Gasteiger charge is -2.44. The summed E-state index contributed by atoms with van der Waals surface area (Å²) in [6.45, 7) is 6.55.